The number of benzene rings is 4. The smallest absolute Gasteiger partial charge is 0.318 e. The van der Waals surface area contributed by atoms with Crippen molar-refractivity contribution in [1.82, 2.24) is 15.1 Å². The number of piperazine rings is 1. The number of amides is 2. The highest BCUT2D eigenvalue weighted by Gasteiger charge is 2.26. The summed E-state index contributed by atoms with van der Waals surface area (Å²) in [7, 11) is 0. The molecular weight excluding hydrogens is 478 g/mol. The van der Waals surface area contributed by atoms with E-state index in [-0.39, 0.29) is 18.1 Å². The average Bonchev–Trinajstić information content (AvgIpc) is 2.97. The zero-order chi connectivity index (χ0) is 25.9. The Morgan fingerprint density at radius 3 is 1.62 bits per heavy atom. The van der Waals surface area contributed by atoms with Crippen LogP contribution in [0, 0.1) is 0 Å². The molecule has 4 aromatic carbocycles. The van der Waals surface area contributed by atoms with Gasteiger partial charge in [0.25, 0.3) is 0 Å². The second kappa shape index (κ2) is 13.6. The lowest BCUT2D eigenvalue weighted by molar-refractivity contribution is 0.113. The Hall–Kier alpha value is -3.60. The lowest BCUT2D eigenvalue weighted by Crippen LogP contribution is -2.52. The van der Waals surface area contributed by atoms with Gasteiger partial charge in [-0.15, -0.1) is 0 Å². The molecule has 0 aromatic heterocycles. The van der Waals surface area contributed by atoms with Crippen molar-refractivity contribution in [2.45, 2.75) is 19.0 Å². The first kappa shape index (κ1) is 26.5. The molecule has 1 aliphatic rings. The molecule has 1 saturated heterocycles. The SMILES string of the molecule is CC(c1cccc(Cl)c1)N1CCN(C(=O)NC(c2ccccc2)c2ccccc2)CC1.c1ccccc1. The number of urea groups is 1. The minimum Gasteiger partial charge on any atom is -0.327 e. The van der Waals surface area contributed by atoms with Gasteiger partial charge < -0.3 is 10.2 Å². The standard InChI is InChI=1S/C26H28ClN3O.C6H6/c1-20(23-13-8-14-24(27)19-23)29-15-17-30(18-16-29)26(31)28-25(21-9-4-2-5-10-21)22-11-6-3-7-12-22;1-2-4-6-5-3-1/h2-14,19-20,25H,15-18H2,1H3,(H,28,31);1-6H. The number of carbonyl (C=O) groups excluding carboxylic acids is 1. The zero-order valence-electron chi connectivity index (χ0n) is 21.2. The van der Waals surface area contributed by atoms with E-state index in [0.29, 0.717) is 13.1 Å². The Morgan fingerprint density at radius 2 is 1.14 bits per heavy atom. The maximum Gasteiger partial charge on any atom is 0.318 e. The molecule has 0 bridgehead atoms. The van der Waals surface area contributed by atoms with E-state index in [0.717, 1.165) is 29.2 Å². The second-order valence-electron chi connectivity index (χ2n) is 9.11. The summed E-state index contributed by atoms with van der Waals surface area (Å²) in [6.45, 7) is 5.27. The number of hydrogen-bond acceptors (Lipinski definition) is 2. The lowest BCUT2D eigenvalue weighted by Gasteiger charge is -2.38. The monoisotopic (exact) mass is 511 g/mol. The van der Waals surface area contributed by atoms with E-state index in [1.54, 1.807) is 0 Å². The molecule has 5 heteroatoms. The molecule has 1 unspecified atom stereocenters. The fourth-order valence-electron chi connectivity index (χ4n) is 4.54. The van der Waals surface area contributed by atoms with Crippen LogP contribution in [0.5, 0.6) is 0 Å². The topological polar surface area (TPSA) is 35.6 Å². The van der Waals surface area contributed by atoms with Gasteiger partial charge in [0.1, 0.15) is 0 Å². The zero-order valence-corrected chi connectivity index (χ0v) is 22.0. The Morgan fingerprint density at radius 1 is 0.676 bits per heavy atom. The molecule has 5 rings (SSSR count). The molecule has 4 nitrogen and oxygen atoms in total. The van der Waals surface area contributed by atoms with E-state index in [2.05, 4.69) is 47.5 Å². The third kappa shape index (κ3) is 7.69. The van der Waals surface area contributed by atoms with Gasteiger partial charge in [0.05, 0.1) is 6.04 Å². The van der Waals surface area contributed by atoms with E-state index >= 15 is 0 Å². The molecule has 0 saturated carbocycles. The number of rotatable bonds is 5. The minimum atomic E-state index is -0.168. The Kier molecular flexibility index (Phi) is 9.75. The Bertz CT molecular complexity index is 1150. The molecule has 2 amide bonds. The van der Waals surface area contributed by atoms with Gasteiger partial charge in [-0.3, -0.25) is 4.90 Å². The molecule has 4 aromatic rings. The van der Waals surface area contributed by atoms with Gasteiger partial charge in [0, 0.05) is 37.2 Å². The number of carbonyl (C=O) groups is 1. The van der Waals surface area contributed by atoms with Gasteiger partial charge >= 0.3 is 6.03 Å². The van der Waals surface area contributed by atoms with Crippen LogP contribution in [0.3, 0.4) is 0 Å². The van der Waals surface area contributed by atoms with Crippen LogP contribution in [-0.2, 0) is 0 Å². The first-order valence-electron chi connectivity index (χ1n) is 12.8. The number of nitrogens with zero attached hydrogens (tertiary/aromatic N) is 2. The summed E-state index contributed by atoms with van der Waals surface area (Å²) in [5.74, 6) is 0. The molecule has 0 spiro atoms. The van der Waals surface area contributed by atoms with Gasteiger partial charge in [-0.25, -0.2) is 4.79 Å². The van der Waals surface area contributed by atoms with Crippen molar-refractivity contribution in [3.05, 3.63) is 143 Å². The van der Waals surface area contributed by atoms with Crippen LogP contribution in [0.25, 0.3) is 0 Å². The van der Waals surface area contributed by atoms with Crippen LogP contribution >= 0.6 is 11.6 Å². The molecule has 1 fully saturated rings. The van der Waals surface area contributed by atoms with Gasteiger partial charge in [-0.05, 0) is 35.7 Å². The van der Waals surface area contributed by atoms with Crippen molar-refractivity contribution in [3.63, 3.8) is 0 Å². The molecule has 1 aliphatic heterocycles. The van der Waals surface area contributed by atoms with Crippen LogP contribution in [0.1, 0.15) is 35.7 Å². The first-order valence-corrected chi connectivity index (χ1v) is 13.1. The predicted molar refractivity (Wildman–Crippen MR) is 153 cm³/mol. The quantitative estimate of drug-likeness (QED) is 0.307. The summed E-state index contributed by atoms with van der Waals surface area (Å²) in [5.41, 5.74) is 3.36. The molecule has 1 heterocycles. The van der Waals surface area contributed by atoms with Crippen LogP contribution in [0.15, 0.2) is 121 Å². The van der Waals surface area contributed by atoms with E-state index < -0.39 is 0 Å². The Balaban J connectivity index is 0.000000469. The second-order valence-corrected chi connectivity index (χ2v) is 9.55. The van der Waals surface area contributed by atoms with Gasteiger partial charge in [-0.1, -0.05) is 121 Å². The van der Waals surface area contributed by atoms with Crippen molar-refractivity contribution in [2.75, 3.05) is 26.2 Å². The summed E-state index contributed by atoms with van der Waals surface area (Å²) in [6, 6.07) is 40.4. The Labute approximate surface area is 225 Å². The van der Waals surface area contributed by atoms with Crippen molar-refractivity contribution >= 4 is 17.6 Å². The molecule has 1 atom stereocenters. The summed E-state index contributed by atoms with van der Waals surface area (Å²) in [5, 5.41) is 4.01. The van der Waals surface area contributed by atoms with Crippen LogP contribution in [-0.4, -0.2) is 42.0 Å². The van der Waals surface area contributed by atoms with Crippen molar-refractivity contribution in [2.24, 2.45) is 0 Å². The van der Waals surface area contributed by atoms with Gasteiger partial charge in [0.15, 0.2) is 0 Å². The van der Waals surface area contributed by atoms with Crippen LogP contribution < -0.4 is 5.32 Å². The molecule has 1 N–H and O–H groups in total. The third-order valence-corrected chi connectivity index (χ3v) is 6.92. The highest BCUT2D eigenvalue weighted by atomic mass is 35.5. The highest BCUT2D eigenvalue weighted by Crippen LogP contribution is 2.25. The number of nitrogens with one attached hydrogen (secondary N) is 1. The summed E-state index contributed by atoms with van der Waals surface area (Å²) < 4.78 is 0. The number of hydrogen-bond donors (Lipinski definition) is 1. The van der Waals surface area contributed by atoms with Crippen molar-refractivity contribution < 1.29 is 4.79 Å². The highest BCUT2D eigenvalue weighted by molar-refractivity contribution is 6.30. The minimum absolute atomic E-state index is 0.0206. The van der Waals surface area contributed by atoms with Gasteiger partial charge in [-0.2, -0.15) is 0 Å². The summed E-state index contributed by atoms with van der Waals surface area (Å²) in [4.78, 5) is 17.4. The molecule has 37 heavy (non-hydrogen) atoms. The molecular formula is C32H34ClN3O. The average molecular weight is 512 g/mol. The molecule has 190 valence electrons. The lowest BCUT2D eigenvalue weighted by atomic mass is 9.99. The fourth-order valence-corrected chi connectivity index (χ4v) is 4.74. The summed E-state index contributed by atoms with van der Waals surface area (Å²) >= 11 is 6.16. The van der Waals surface area contributed by atoms with E-state index in [1.165, 1.54) is 5.56 Å². The van der Waals surface area contributed by atoms with E-state index in [9.17, 15) is 4.79 Å². The van der Waals surface area contributed by atoms with Crippen LogP contribution in [0.2, 0.25) is 5.02 Å². The fraction of sp³-hybridized carbons (Fsp3) is 0.219. The predicted octanol–water partition coefficient (Wildman–Crippen LogP) is 7.20. The van der Waals surface area contributed by atoms with Crippen LogP contribution in [0.4, 0.5) is 4.79 Å². The van der Waals surface area contributed by atoms with E-state index in [4.69, 9.17) is 11.6 Å². The molecule has 0 radical (unpaired) electrons. The van der Waals surface area contributed by atoms with Crippen molar-refractivity contribution in [1.29, 1.82) is 0 Å². The summed E-state index contributed by atoms with van der Waals surface area (Å²) in [6.07, 6.45) is 0. The van der Waals surface area contributed by atoms with Gasteiger partial charge in [0.2, 0.25) is 0 Å². The van der Waals surface area contributed by atoms with Crippen molar-refractivity contribution in [3.8, 4) is 0 Å². The largest absolute Gasteiger partial charge is 0.327 e. The third-order valence-electron chi connectivity index (χ3n) is 6.68. The maximum absolute atomic E-state index is 13.1. The normalized spacial score (nSPS) is 14.4. The number of halogens is 1. The maximum atomic E-state index is 13.1. The van der Waals surface area contributed by atoms with E-state index in [1.807, 2.05) is 95.9 Å². The first-order chi connectivity index (χ1) is 18.1. The molecule has 0 aliphatic carbocycles.